The summed E-state index contributed by atoms with van der Waals surface area (Å²) in [5, 5.41) is 6.89. The molecular weight excluding hydrogens is 287 g/mol. The Hall–Kier alpha value is -1.95. The normalized spacial score (nSPS) is 17.9. The van der Waals surface area contributed by atoms with Gasteiger partial charge in [-0.15, -0.1) is 0 Å². The molecule has 1 unspecified atom stereocenters. The van der Waals surface area contributed by atoms with Gasteiger partial charge in [0.1, 0.15) is 5.82 Å². The second-order valence-corrected chi connectivity index (χ2v) is 5.61. The molecule has 2 rings (SSSR count). The van der Waals surface area contributed by atoms with Crippen molar-refractivity contribution in [2.45, 2.75) is 19.4 Å². The molecule has 0 aromatic heterocycles. The number of halogens is 1. The molecule has 0 bridgehead atoms. The van der Waals surface area contributed by atoms with Gasteiger partial charge in [-0.2, -0.15) is 0 Å². The van der Waals surface area contributed by atoms with Gasteiger partial charge in [-0.3, -0.25) is 9.59 Å². The maximum absolute atomic E-state index is 12.8. The molecule has 1 heterocycles. The molecule has 1 saturated heterocycles. The monoisotopic (exact) mass is 310 g/mol. The Bertz CT molecular complexity index is 479. The van der Waals surface area contributed by atoms with Crippen LogP contribution < -0.4 is 0 Å². The topological polar surface area (TPSA) is 60.9 Å². The molecule has 0 radical (unpaired) electrons. The van der Waals surface area contributed by atoms with Crippen LogP contribution in [0.15, 0.2) is 24.3 Å². The van der Waals surface area contributed by atoms with Crippen LogP contribution in [0.4, 0.5) is 4.39 Å². The summed E-state index contributed by atoms with van der Waals surface area (Å²) in [5.74, 6) is 0.587. The van der Waals surface area contributed by atoms with Crippen molar-refractivity contribution in [3.8, 4) is 0 Å². The number of benzene rings is 1. The zero-order valence-electron chi connectivity index (χ0n) is 13.0. The summed E-state index contributed by atoms with van der Waals surface area (Å²) < 4.78 is 12.8. The average Bonchev–Trinajstić information content (AvgIpc) is 2.46. The molecule has 122 valence electrons. The SMILES string of the molecule is CN(Cc1ccc(F)cc1)CC1CCC(=O)N(C)C1.O=CO. The zero-order valence-corrected chi connectivity index (χ0v) is 13.0. The lowest BCUT2D eigenvalue weighted by Crippen LogP contribution is -2.41. The Balaban J connectivity index is 0.000000745. The maximum Gasteiger partial charge on any atom is 0.290 e. The summed E-state index contributed by atoms with van der Waals surface area (Å²) in [6, 6.07) is 6.64. The molecule has 1 aromatic carbocycles. The fraction of sp³-hybridized carbons (Fsp3) is 0.500. The van der Waals surface area contributed by atoms with Gasteiger partial charge in [-0.05, 0) is 37.1 Å². The number of hydrogen-bond donors (Lipinski definition) is 1. The van der Waals surface area contributed by atoms with Crippen LogP contribution >= 0.6 is 0 Å². The molecule has 0 spiro atoms. The third-order valence-corrected chi connectivity index (χ3v) is 3.66. The number of carbonyl (C=O) groups is 2. The van der Waals surface area contributed by atoms with E-state index in [1.54, 1.807) is 0 Å². The highest BCUT2D eigenvalue weighted by Gasteiger charge is 2.23. The van der Waals surface area contributed by atoms with E-state index in [-0.39, 0.29) is 18.2 Å². The molecule has 5 nitrogen and oxygen atoms in total. The molecular formula is C16H23FN2O3. The molecule has 0 aliphatic carbocycles. The lowest BCUT2D eigenvalue weighted by molar-refractivity contribution is -0.133. The van der Waals surface area contributed by atoms with Crippen molar-refractivity contribution in [3.05, 3.63) is 35.6 Å². The third-order valence-electron chi connectivity index (χ3n) is 3.66. The molecule has 1 fully saturated rings. The Kier molecular flexibility index (Phi) is 7.52. The zero-order chi connectivity index (χ0) is 16.5. The Morgan fingerprint density at radius 1 is 1.41 bits per heavy atom. The van der Waals surface area contributed by atoms with Gasteiger partial charge < -0.3 is 14.9 Å². The summed E-state index contributed by atoms with van der Waals surface area (Å²) in [5.41, 5.74) is 1.11. The van der Waals surface area contributed by atoms with Crippen LogP contribution in [-0.2, 0) is 16.1 Å². The number of carboxylic acid groups (broad SMARTS) is 1. The Morgan fingerprint density at radius 2 is 2.00 bits per heavy atom. The Labute approximate surface area is 130 Å². The number of likely N-dealkylation sites (tertiary alicyclic amines) is 1. The first-order valence-electron chi connectivity index (χ1n) is 7.21. The molecule has 0 saturated carbocycles. The predicted octanol–water partition coefficient (Wildman–Crippen LogP) is 1.83. The second kappa shape index (κ2) is 9.15. The van der Waals surface area contributed by atoms with Crippen molar-refractivity contribution < 1.29 is 19.1 Å². The van der Waals surface area contributed by atoms with Crippen molar-refractivity contribution in [2.75, 3.05) is 27.2 Å². The molecule has 22 heavy (non-hydrogen) atoms. The predicted molar refractivity (Wildman–Crippen MR) is 81.8 cm³/mol. The Morgan fingerprint density at radius 3 is 2.55 bits per heavy atom. The largest absolute Gasteiger partial charge is 0.483 e. The highest BCUT2D eigenvalue weighted by molar-refractivity contribution is 5.76. The highest BCUT2D eigenvalue weighted by Crippen LogP contribution is 2.18. The number of piperidine rings is 1. The molecule has 1 amide bonds. The van der Waals surface area contributed by atoms with Gasteiger partial charge in [0.05, 0.1) is 0 Å². The quantitative estimate of drug-likeness (QED) is 0.862. The number of amides is 1. The van der Waals surface area contributed by atoms with Crippen molar-refractivity contribution >= 4 is 12.4 Å². The van der Waals surface area contributed by atoms with Crippen molar-refractivity contribution in [1.29, 1.82) is 0 Å². The minimum atomic E-state index is -0.250. The van der Waals surface area contributed by atoms with Crippen molar-refractivity contribution in [3.63, 3.8) is 0 Å². The standard InChI is InChI=1S/C15H21FN2O.CH2O2/c1-17(9-12-3-6-14(16)7-4-12)10-13-5-8-15(19)18(2)11-13;2-1-3/h3-4,6-7,13H,5,8-11H2,1-2H3;1H,(H,2,3). The van der Waals surface area contributed by atoms with E-state index >= 15 is 0 Å². The van der Waals surface area contributed by atoms with E-state index in [4.69, 9.17) is 9.90 Å². The lowest BCUT2D eigenvalue weighted by Gasteiger charge is -2.32. The first-order chi connectivity index (χ1) is 10.5. The molecule has 1 aliphatic rings. The molecule has 6 heteroatoms. The summed E-state index contributed by atoms with van der Waals surface area (Å²) in [6.45, 7) is 2.37. The lowest BCUT2D eigenvalue weighted by atomic mass is 9.97. The number of rotatable bonds is 4. The van der Waals surface area contributed by atoms with Crippen LogP contribution in [0, 0.1) is 11.7 Å². The second-order valence-electron chi connectivity index (χ2n) is 5.61. The molecule has 1 aliphatic heterocycles. The third kappa shape index (κ3) is 6.22. The van der Waals surface area contributed by atoms with Gasteiger partial charge in [0.15, 0.2) is 0 Å². The highest BCUT2D eigenvalue weighted by atomic mass is 19.1. The average molecular weight is 310 g/mol. The molecule has 1 aromatic rings. The van der Waals surface area contributed by atoms with Gasteiger partial charge in [0.25, 0.3) is 6.47 Å². The van der Waals surface area contributed by atoms with Crippen LogP contribution in [0.5, 0.6) is 0 Å². The number of hydrogen-bond acceptors (Lipinski definition) is 3. The van der Waals surface area contributed by atoms with Gasteiger partial charge in [-0.1, -0.05) is 12.1 Å². The van der Waals surface area contributed by atoms with E-state index in [1.165, 1.54) is 12.1 Å². The van der Waals surface area contributed by atoms with Crippen molar-refractivity contribution in [2.24, 2.45) is 5.92 Å². The maximum atomic E-state index is 12.8. The van der Waals surface area contributed by atoms with E-state index in [1.807, 2.05) is 24.1 Å². The number of nitrogens with zero attached hydrogens (tertiary/aromatic N) is 2. The summed E-state index contributed by atoms with van der Waals surface area (Å²) in [6.07, 6.45) is 1.63. The van der Waals surface area contributed by atoms with Crippen molar-refractivity contribution in [1.82, 2.24) is 9.80 Å². The van der Waals surface area contributed by atoms with Crippen LogP contribution in [-0.4, -0.2) is 54.5 Å². The first-order valence-corrected chi connectivity index (χ1v) is 7.21. The van der Waals surface area contributed by atoms with Crippen LogP contribution in [0.2, 0.25) is 0 Å². The van der Waals surface area contributed by atoms with Gasteiger partial charge in [0.2, 0.25) is 5.91 Å². The van der Waals surface area contributed by atoms with Crippen LogP contribution in [0.3, 0.4) is 0 Å². The van der Waals surface area contributed by atoms with E-state index in [0.29, 0.717) is 12.3 Å². The van der Waals surface area contributed by atoms with E-state index in [0.717, 1.165) is 31.6 Å². The molecule has 1 atom stereocenters. The van der Waals surface area contributed by atoms with Gasteiger partial charge in [-0.25, -0.2) is 4.39 Å². The van der Waals surface area contributed by atoms with E-state index < -0.39 is 0 Å². The van der Waals surface area contributed by atoms with Crippen LogP contribution in [0.25, 0.3) is 0 Å². The fourth-order valence-corrected chi connectivity index (χ4v) is 2.65. The number of carbonyl (C=O) groups excluding carboxylic acids is 1. The van der Waals surface area contributed by atoms with Gasteiger partial charge >= 0.3 is 0 Å². The first kappa shape index (κ1) is 18.1. The van der Waals surface area contributed by atoms with Crippen LogP contribution in [0.1, 0.15) is 18.4 Å². The summed E-state index contributed by atoms with van der Waals surface area (Å²) in [4.78, 5) is 23.8. The minimum absolute atomic E-state index is 0.196. The summed E-state index contributed by atoms with van der Waals surface area (Å²) >= 11 is 0. The summed E-state index contributed by atoms with van der Waals surface area (Å²) in [7, 11) is 3.94. The van der Waals surface area contributed by atoms with E-state index in [2.05, 4.69) is 11.9 Å². The minimum Gasteiger partial charge on any atom is -0.483 e. The van der Waals surface area contributed by atoms with E-state index in [9.17, 15) is 9.18 Å². The fourth-order valence-electron chi connectivity index (χ4n) is 2.65. The smallest absolute Gasteiger partial charge is 0.290 e. The van der Waals surface area contributed by atoms with Gasteiger partial charge in [0, 0.05) is 33.1 Å². The molecule has 1 N–H and O–H groups in total.